The first-order valence-electron chi connectivity index (χ1n) is 12.8. The maximum absolute atomic E-state index is 13.0. The molecule has 3 aromatic rings. The Morgan fingerprint density at radius 1 is 0.929 bits per heavy atom. The highest BCUT2D eigenvalue weighted by atomic mass is 35.5. The molecule has 16 heteroatoms. The Bertz CT molecular complexity index is 1720. The minimum atomic E-state index is -0.943. The van der Waals surface area contributed by atoms with Gasteiger partial charge in [0.2, 0.25) is 0 Å². The van der Waals surface area contributed by atoms with Crippen LogP contribution in [0.5, 0.6) is 5.75 Å². The predicted molar refractivity (Wildman–Crippen MR) is 153 cm³/mol. The van der Waals surface area contributed by atoms with Crippen molar-refractivity contribution in [2.24, 2.45) is 14.1 Å². The van der Waals surface area contributed by atoms with Gasteiger partial charge in [-0.1, -0.05) is 23.2 Å². The minimum absolute atomic E-state index is 0.0952. The number of halogens is 2. The Labute approximate surface area is 247 Å². The number of esters is 1. The van der Waals surface area contributed by atoms with E-state index in [9.17, 15) is 28.8 Å². The van der Waals surface area contributed by atoms with Gasteiger partial charge in [0.05, 0.1) is 16.6 Å². The molecule has 1 amide bonds. The highest BCUT2D eigenvalue weighted by Crippen LogP contribution is 2.28. The third-order valence-corrected chi connectivity index (χ3v) is 7.46. The van der Waals surface area contributed by atoms with Crippen LogP contribution < -0.4 is 32.6 Å². The van der Waals surface area contributed by atoms with Crippen molar-refractivity contribution in [3.8, 4) is 5.75 Å². The minimum Gasteiger partial charge on any atom is -0.490 e. The summed E-state index contributed by atoms with van der Waals surface area (Å²) in [5, 5.41) is 3.40. The first kappa shape index (κ1) is 30.8. The number of ether oxygens (including phenoxy) is 2. The van der Waals surface area contributed by atoms with Crippen molar-refractivity contribution in [3.63, 3.8) is 0 Å². The van der Waals surface area contributed by atoms with E-state index in [-0.39, 0.29) is 30.6 Å². The lowest BCUT2D eigenvalue weighted by Gasteiger charge is -2.34. The smallest absolute Gasteiger partial charge is 0.355 e. The Morgan fingerprint density at radius 3 is 2.14 bits per heavy atom. The number of amides is 1. The zero-order chi connectivity index (χ0) is 30.6. The molecular formula is C26H28Cl2N6O8. The van der Waals surface area contributed by atoms with E-state index in [0.717, 1.165) is 21.3 Å². The molecule has 0 spiro atoms. The first-order valence-corrected chi connectivity index (χ1v) is 13.6. The van der Waals surface area contributed by atoms with Gasteiger partial charge in [-0.3, -0.25) is 38.4 Å². The maximum atomic E-state index is 13.0. The quantitative estimate of drug-likeness (QED) is 0.282. The highest BCUT2D eigenvalue weighted by molar-refractivity contribution is 6.42. The van der Waals surface area contributed by atoms with Crippen molar-refractivity contribution in [2.45, 2.75) is 25.0 Å². The molecule has 4 rings (SSSR count). The number of nitrogens with one attached hydrogen (secondary N) is 3. The van der Waals surface area contributed by atoms with Gasteiger partial charge in [0, 0.05) is 51.9 Å². The maximum Gasteiger partial charge on any atom is 0.355 e. The molecule has 3 N–H and O–H groups in total. The molecule has 1 aromatic carbocycles. The number of rotatable bonds is 9. The normalized spacial score (nSPS) is 14.8. The lowest BCUT2D eigenvalue weighted by Crippen LogP contribution is -2.47. The topological polar surface area (TPSA) is 178 Å². The summed E-state index contributed by atoms with van der Waals surface area (Å²) in [7, 11) is 2.63. The Balaban J connectivity index is 1.45. The van der Waals surface area contributed by atoms with Crippen LogP contribution in [0.2, 0.25) is 10.0 Å². The van der Waals surface area contributed by atoms with E-state index < -0.39 is 40.5 Å². The lowest BCUT2D eigenvalue weighted by molar-refractivity contribution is 0.0118. The zero-order valence-electron chi connectivity index (χ0n) is 22.6. The molecule has 14 nitrogen and oxygen atoms in total. The summed E-state index contributed by atoms with van der Waals surface area (Å²) in [4.78, 5) is 79.3. The average molecular weight is 623 g/mol. The summed E-state index contributed by atoms with van der Waals surface area (Å²) >= 11 is 12.0. The second kappa shape index (κ2) is 13.2. The van der Waals surface area contributed by atoms with Crippen LogP contribution in [0, 0.1) is 0 Å². The fraction of sp³-hybridized carbons (Fsp3) is 0.385. The molecule has 1 saturated heterocycles. The van der Waals surface area contributed by atoms with Gasteiger partial charge in [-0.05, 0) is 25.0 Å². The molecule has 2 aromatic heterocycles. The average Bonchev–Trinajstić information content (AvgIpc) is 2.94. The lowest BCUT2D eigenvalue weighted by atomic mass is 10.1. The van der Waals surface area contributed by atoms with Gasteiger partial charge in [-0.15, -0.1) is 0 Å². The highest BCUT2D eigenvalue weighted by Gasteiger charge is 2.27. The summed E-state index contributed by atoms with van der Waals surface area (Å²) in [6.07, 6.45) is 0.264. The van der Waals surface area contributed by atoms with Gasteiger partial charge < -0.3 is 14.8 Å². The van der Waals surface area contributed by atoms with Crippen molar-refractivity contribution < 1.29 is 19.1 Å². The van der Waals surface area contributed by atoms with Gasteiger partial charge in [-0.2, -0.15) is 0 Å². The summed E-state index contributed by atoms with van der Waals surface area (Å²) in [6, 6.07) is 6.95. The van der Waals surface area contributed by atoms with E-state index in [1.54, 1.807) is 18.2 Å². The molecule has 42 heavy (non-hydrogen) atoms. The SMILES string of the molecule is Cn1c(C(=O)NC[C@H](CN2CCC(Oc3ccc(Cl)c(Cl)c3)CC2)OC(=O)c2cc(=O)[nH]c(=O)n2C)cc(=O)[nH]c1=O. The number of benzene rings is 1. The van der Waals surface area contributed by atoms with E-state index in [4.69, 9.17) is 32.7 Å². The summed E-state index contributed by atoms with van der Waals surface area (Å²) in [6.45, 7) is 1.14. The Morgan fingerprint density at radius 2 is 1.52 bits per heavy atom. The number of aromatic amines is 2. The van der Waals surface area contributed by atoms with Gasteiger partial charge in [0.25, 0.3) is 17.0 Å². The number of likely N-dealkylation sites (tertiary alicyclic amines) is 1. The number of carbonyl (C=O) groups excluding carboxylic acids is 2. The molecule has 0 saturated carbocycles. The molecule has 0 radical (unpaired) electrons. The third-order valence-electron chi connectivity index (χ3n) is 6.72. The molecule has 1 aliphatic rings. The number of nitrogens with zero attached hydrogens (tertiary/aromatic N) is 3. The first-order chi connectivity index (χ1) is 19.9. The standard InChI is InChI=1S/C26H28Cl2N6O8/c1-32-19(10-21(35)30-25(32)39)23(37)29-12-16(42-24(38)20-11-22(36)31-26(40)33(20)2)13-34-7-5-14(6-8-34)41-15-3-4-17(27)18(28)9-15/h3-4,9-11,14,16H,5-8,12-13H2,1-2H3,(H,29,37)(H,30,35,39)(H,31,36,40)/t16-/m1/s1. The molecule has 1 fully saturated rings. The van der Waals surface area contributed by atoms with E-state index in [1.165, 1.54) is 14.1 Å². The third kappa shape index (κ3) is 7.57. The second-order valence-electron chi connectivity index (χ2n) is 9.70. The van der Waals surface area contributed by atoms with E-state index in [2.05, 4.69) is 10.3 Å². The van der Waals surface area contributed by atoms with Gasteiger partial charge in [-0.25, -0.2) is 14.4 Å². The van der Waals surface area contributed by atoms with Crippen LogP contribution in [0.4, 0.5) is 0 Å². The fourth-order valence-electron chi connectivity index (χ4n) is 4.42. The van der Waals surface area contributed by atoms with Gasteiger partial charge in [0.1, 0.15) is 29.3 Å². The zero-order valence-corrected chi connectivity index (χ0v) is 24.2. The van der Waals surface area contributed by atoms with Crippen molar-refractivity contribution in [2.75, 3.05) is 26.2 Å². The van der Waals surface area contributed by atoms with Crippen molar-refractivity contribution in [1.29, 1.82) is 0 Å². The van der Waals surface area contributed by atoms with Gasteiger partial charge in [0.15, 0.2) is 0 Å². The number of hydrogen-bond donors (Lipinski definition) is 3. The molecule has 0 bridgehead atoms. The largest absolute Gasteiger partial charge is 0.490 e. The van der Waals surface area contributed by atoms with E-state index in [1.807, 2.05) is 9.88 Å². The van der Waals surface area contributed by atoms with Crippen LogP contribution in [0.15, 0.2) is 49.5 Å². The van der Waals surface area contributed by atoms with E-state index >= 15 is 0 Å². The Kier molecular flexibility index (Phi) is 9.70. The number of hydrogen-bond acceptors (Lipinski definition) is 9. The monoisotopic (exact) mass is 622 g/mol. The molecule has 224 valence electrons. The number of piperidine rings is 1. The fourth-order valence-corrected chi connectivity index (χ4v) is 4.71. The van der Waals surface area contributed by atoms with Crippen LogP contribution in [-0.2, 0) is 18.8 Å². The summed E-state index contributed by atoms with van der Waals surface area (Å²) in [5.41, 5.74) is -3.53. The summed E-state index contributed by atoms with van der Waals surface area (Å²) in [5.74, 6) is -1.09. The Hall–Kier alpha value is -4.14. The van der Waals surface area contributed by atoms with Crippen molar-refractivity contribution in [1.82, 2.24) is 29.3 Å². The molecular weight excluding hydrogens is 595 g/mol. The number of carbonyl (C=O) groups is 2. The van der Waals surface area contributed by atoms with Crippen LogP contribution in [0.1, 0.15) is 33.8 Å². The predicted octanol–water partition coefficient (Wildman–Crippen LogP) is 0.266. The van der Waals surface area contributed by atoms with Crippen molar-refractivity contribution in [3.05, 3.63) is 93.4 Å². The second-order valence-corrected chi connectivity index (χ2v) is 10.5. The van der Waals surface area contributed by atoms with Crippen LogP contribution >= 0.6 is 23.2 Å². The molecule has 0 unspecified atom stereocenters. The summed E-state index contributed by atoms with van der Waals surface area (Å²) < 4.78 is 13.6. The molecule has 3 heterocycles. The molecule has 1 atom stereocenters. The van der Waals surface area contributed by atoms with Crippen LogP contribution in [-0.4, -0.2) is 74.3 Å². The van der Waals surface area contributed by atoms with Gasteiger partial charge >= 0.3 is 17.3 Å². The molecule has 0 aliphatic carbocycles. The van der Waals surface area contributed by atoms with Crippen LogP contribution in [0.25, 0.3) is 0 Å². The van der Waals surface area contributed by atoms with E-state index in [0.29, 0.717) is 41.7 Å². The van der Waals surface area contributed by atoms with Crippen LogP contribution in [0.3, 0.4) is 0 Å². The van der Waals surface area contributed by atoms with Crippen molar-refractivity contribution >= 4 is 35.1 Å². The number of H-pyrrole nitrogens is 2. The molecule has 1 aliphatic heterocycles. The number of aromatic nitrogens is 4.